The zero-order chi connectivity index (χ0) is 23.9. The molecule has 0 aliphatic carbocycles. The number of carbonyl (C=O) groups excluding carboxylic acids is 2. The smallest absolute Gasteiger partial charge is 0.248 e. The normalized spacial score (nSPS) is 14.3. The first-order chi connectivity index (χ1) is 16.5. The van der Waals surface area contributed by atoms with Gasteiger partial charge < -0.3 is 19.9 Å². The molecule has 1 aliphatic heterocycles. The van der Waals surface area contributed by atoms with E-state index in [1.165, 1.54) is 6.08 Å². The molecule has 0 atom stereocenters. The van der Waals surface area contributed by atoms with Crippen molar-refractivity contribution in [1.82, 2.24) is 9.47 Å². The monoisotopic (exact) mass is 458 g/mol. The van der Waals surface area contributed by atoms with Crippen molar-refractivity contribution in [3.8, 4) is 5.69 Å². The second-order valence-electron chi connectivity index (χ2n) is 8.33. The molecule has 1 fully saturated rings. The minimum atomic E-state index is -0.214. The number of hydrogen-bond acceptors (Lipinski definition) is 4. The third-order valence-electron chi connectivity index (χ3n) is 5.81. The summed E-state index contributed by atoms with van der Waals surface area (Å²) in [7, 11) is 0. The second-order valence-corrected chi connectivity index (χ2v) is 8.33. The van der Waals surface area contributed by atoms with Crippen LogP contribution in [0.2, 0.25) is 0 Å². The molecule has 2 heterocycles. The molecule has 176 valence electrons. The predicted molar refractivity (Wildman–Crippen MR) is 135 cm³/mol. The number of amides is 2. The number of aromatic nitrogens is 1. The van der Waals surface area contributed by atoms with Crippen molar-refractivity contribution >= 4 is 29.3 Å². The third-order valence-corrected chi connectivity index (χ3v) is 5.81. The van der Waals surface area contributed by atoms with Gasteiger partial charge in [-0.1, -0.05) is 18.2 Å². The molecular weight excluding hydrogens is 428 g/mol. The van der Waals surface area contributed by atoms with Gasteiger partial charge in [-0.15, -0.1) is 0 Å². The Kier molecular flexibility index (Phi) is 7.57. The number of nitrogens with one attached hydrogen (secondary N) is 2. The summed E-state index contributed by atoms with van der Waals surface area (Å²) in [5.41, 5.74) is 5.63. The van der Waals surface area contributed by atoms with Gasteiger partial charge in [0.05, 0.1) is 19.8 Å². The van der Waals surface area contributed by atoms with Crippen LogP contribution in [0, 0.1) is 13.8 Å². The summed E-state index contributed by atoms with van der Waals surface area (Å²) in [6.07, 6.45) is 3.37. The highest BCUT2D eigenvalue weighted by Gasteiger charge is 2.14. The average Bonchev–Trinajstić information content (AvgIpc) is 3.13. The Balaban J connectivity index is 1.32. The van der Waals surface area contributed by atoms with Gasteiger partial charge in [0, 0.05) is 47.6 Å². The van der Waals surface area contributed by atoms with Crippen LogP contribution in [0.4, 0.5) is 11.4 Å². The van der Waals surface area contributed by atoms with Crippen molar-refractivity contribution < 1.29 is 14.3 Å². The minimum absolute atomic E-state index is 0.0604. The van der Waals surface area contributed by atoms with E-state index in [4.69, 9.17) is 4.74 Å². The summed E-state index contributed by atoms with van der Waals surface area (Å²) in [4.78, 5) is 26.8. The molecule has 0 spiro atoms. The Bertz CT molecular complexity index is 1160. The fourth-order valence-electron chi connectivity index (χ4n) is 4.08. The molecule has 7 nitrogen and oxygen atoms in total. The number of carbonyl (C=O) groups is 2. The molecule has 0 bridgehead atoms. The molecule has 3 aromatic rings. The van der Waals surface area contributed by atoms with Crippen LogP contribution in [0.25, 0.3) is 11.8 Å². The van der Waals surface area contributed by atoms with E-state index < -0.39 is 0 Å². The topological polar surface area (TPSA) is 75.6 Å². The second kappa shape index (κ2) is 11.0. The van der Waals surface area contributed by atoms with Gasteiger partial charge >= 0.3 is 0 Å². The molecule has 1 aromatic heterocycles. The SMILES string of the molecule is Cc1cc(/C=C/C(=O)Nc2ccc(NC(=O)CN3CCOCC3)cc2)c(C)n1-c1ccccc1. The summed E-state index contributed by atoms with van der Waals surface area (Å²) >= 11 is 0. The van der Waals surface area contributed by atoms with Crippen LogP contribution in [0.15, 0.2) is 66.7 Å². The highest BCUT2D eigenvalue weighted by Crippen LogP contribution is 2.22. The molecule has 2 amide bonds. The molecule has 0 unspecified atom stereocenters. The van der Waals surface area contributed by atoms with Crippen LogP contribution in [-0.2, 0) is 14.3 Å². The Morgan fingerprint density at radius 3 is 2.26 bits per heavy atom. The summed E-state index contributed by atoms with van der Waals surface area (Å²) in [6, 6.07) is 19.3. The molecule has 7 heteroatoms. The summed E-state index contributed by atoms with van der Waals surface area (Å²) in [5, 5.41) is 5.76. The zero-order valence-electron chi connectivity index (χ0n) is 19.6. The molecule has 0 radical (unpaired) electrons. The maximum atomic E-state index is 12.5. The number of para-hydroxylation sites is 1. The van der Waals surface area contributed by atoms with Crippen LogP contribution in [0.3, 0.4) is 0 Å². The lowest BCUT2D eigenvalue weighted by atomic mass is 10.2. The maximum absolute atomic E-state index is 12.5. The summed E-state index contributed by atoms with van der Waals surface area (Å²) in [5.74, 6) is -0.275. The van der Waals surface area contributed by atoms with Crippen molar-refractivity contribution in [3.63, 3.8) is 0 Å². The van der Waals surface area contributed by atoms with Crippen molar-refractivity contribution in [2.45, 2.75) is 13.8 Å². The van der Waals surface area contributed by atoms with Crippen LogP contribution < -0.4 is 10.6 Å². The van der Waals surface area contributed by atoms with Crippen LogP contribution in [-0.4, -0.2) is 54.1 Å². The van der Waals surface area contributed by atoms with Gasteiger partial charge in [-0.2, -0.15) is 0 Å². The molecule has 1 aliphatic rings. The van der Waals surface area contributed by atoms with E-state index in [1.807, 2.05) is 31.2 Å². The highest BCUT2D eigenvalue weighted by molar-refractivity contribution is 6.02. The van der Waals surface area contributed by atoms with Crippen molar-refractivity contribution in [1.29, 1.82) is 0 Å². The Hall–Kier alpha value is -3.68. The highest BCUT2D eigenvalue weighted by atomic mass is 16.5. The van der Waals surface area contributed by atoms with Crippen molar-refractivity contribution in [3.05, 3.63) is 83.7 Å². The fourth-order valence-corrected chi connectivity index (χ4v) is 4.08. The van der Waals surface area contributed by atoms with E-state index in [0.717, 1.165) is 35.7 Å². The molecule has 4 rings (SSSR count). The maximum Gasteiger partial charge on any atom is 0.248 e. The predicted octanol–water partition coefficient (Wildman–Crippen LogP) is 4.02. The van der Waals surface area contributed by atoms with Gasteiger partial charge in [0.1, 0.15) is 0 Å². The van der Waals surface area contributed by atoms with E-state index in [0.29, 0.717) is 31.1 Å². The Labute approximate surface area is 200 Å². The number of morpholine rings is 1. The molecular formula is C27H30N4O3. The Morgan fingerprint density at radius 1 is 0.941 bits per heavy atom. The number of rotatable bonds is 7. The number of anilines is 2. The minimum Gasteiger partial charge on any atom is -0.379 e. The number of ether oxygens (including phenoxy) is 1. The van der Waals surface area contributed by atoms with Crippen LogP contribution in [0.1, 0.15) is 17.0 Å². The number of hydrogen-bond donors (Lipinski definition) is 2. The Morgan fingerprint density at radius 2 is 1.59 bits per heavy atom. The zero-order valence-corrected chi connectivity index (χ0v) is 19.6. The largest absolute Gasteiger partial charge is 0.379 e. The molecule has 2 aromatic carbocycles. The van der Waals surface area contributed by atoms with E-state index in [1.54, 1.807) is 24.3 Å². The van der Waals surface area contributed by atoms with Gasteiger partial charge in [-0.05, 0) is 68.0 Å². The first-order valence-electron chi connectivity index (χ1n) is 11.4. The number of nitrogens with zero attached hydrogens (tertiary/aromatic N) is 2. The average molecular weight is 459 g/mol. The summed E-state index contributed by atoms with van der Waals surface area (Å²) in [6.45, 7) is 7.30. The van der Waals surface area contributed by atoms with E-state index in [2.05, 4.69) is 45.2 Å². The lowest BCUT2D eigenvalue weighted by molar-refractivity contribution is -0.118. The lowest BCUT2D eigenvalue weighted by Gasteiger charge is -2.25. The molecule has 1 saturated heterocycles. The number of aryl methyl sites for hydroxylation is 1. The lowest BCUT2D eigenvalue weighted by Crippen LogP contribution is -2.41. The molecule has 0 saturated carbocycles. The van der Waals surface area contributed by atoms with Crippen LogP contribution >= 0.6 is 0 Å². The van der Waals surface area contributed by atoms with E-state index in [-0.39, 0.29) is 11.8 Å². The third kappa shape index (κ3) is 6.01. The standard InChI is InChI=1S/C27H30N4O3/c1-20-18-22(21(2)31(20)25-6-4-3-5-7-25)8-13-26(32)28-23-9-11-24(12-10-23)29-27(33)19-30-14-16-34-17-15-30/h3-13,18H,14-17,19H2,1-2H3,(H,28,32)(H,29,33)/b13-8+. The molecule has 2 N–H and O–H groups in total. The van der Waals surface area contributed by atoms with E-state index >= 15 is 0 Å². The first kappa shape index (κ1) is 23.5. The van der Waals surface area contributed by atoms with Gasteiger partial charge in [0.2, 0.25) is 11.8 Å². The number of benzene rings is 2. The summed E-state index contributed by atoms with van der Waals surface area (Å²) < 4.78 is 7.47. The fraction of sp³-hybridized carbons (Fsp3) is 0.259. The van der Waals surface area contributed by atoms with Gasteiger partial charge in [-0.3, -0.25) is 14.5 Å². The van der Waals surface area contributed by atoms with Gasteiger partial charge in [-0.25, -0.2) is 0 Å². The first-order valence-corrected chi connectivity index (χ1v) is 11.4. The van der Waals surface area contributed by atoms with Gasteiger partial charge in [0.15, 0.2) is 0 Å². The quantitative estimate of drug-likeness (QED) is 0.525. The van der Waals surface area contributed by atoms with Crippen molar-refractivity contribution in [2.24, 2.45) is 0 Å². The van der Waals surface area contributed by atoms with Gasteiger partial charge in [0.25, 0.3) is 0 Å². The van der Waals surface area contributed by atoms with Crippen molar-refractivity contribution in [2.75, 3.05) is 43.5 Å². The van der Waals surface area contributed by atoms with Crippen LogP contribution in [0.5, 0.6) is 0 Å². The molecule has 34 heavy (non-hydrogen) atoms. The van der Waals surface area contributed by atoms with E-state index in [9.17, 15) is 9.59 Å².